The Morgan fingerprint density at radius 2 is 1.61 bits per heavy atom. The molecule has 0 aliphatic heterocycles. The fraction of sp³-hybridized carbons (Fsp3) is 0.895. The van der Waals surface area contributed by atoms with Crippen molar-refractivity contribution in [2.45, 2.75) is 70.6 Å². The largest absolute Gasteiger partial charge is 0.469 e. The van der Waals surface area contributed by atoms with Crippen LogP contribution >= 0.6 is 0 Å². The van der Waals surface area contributed by atoms with Gasteiger partial charge in [-0.2, -0.15) is 0 Å². The molecule has 4 nitrogen and oxygen atoms in total. The summed E-state index contributed by atoms with van der Waals surface area (Å²) in [4.78, 5) is 23.3. The van der Waals surface area contributed by atoms with Crippen LogP contribution in [0.25, 0.3) is 0 Å². The molecule has 4 fully saturated rings. The molecule has 0 aromatic carbocycles. The van der Waals surface area contributed by atoms with E-state index in [1.54, 1.807) is 0 Å². The van der Waals surface area contributed by atoms with Gasteiger partial charge in [-0.3, -0.25) is 9.59 Å². The molecule has 0 aromatic rings. The van der Waals surface area contributed by atoms with E-state index in [1.807, 2.05) is 0 Å². The summed E-state index contributed by atoms with van der Waals surface area (Å²) in [6, 6.07) is 0. The second-order valence-electron chi connectivity index (χ2n) is 8.33. The summed E-state index contributed by atoms with van der Waals surface area (Å²) in [5.74, 6) is 2.84. The Kier molecular flexibility index (Phi) is 5.27. The van der Waals surface area contributed by atoms with Crippen LogP contribution in [0.15, 0.2) is 0 Å². The maximum absolute atomic E-state index is 12.3. The quantitative estimate of drug-likeness (QED) is 0.550. The van der Waals surface area contributed by atoms with Gasteiger partial charge in [-0.15, -0.1) is 0 Å². The zero-order chi connectivity index (χ0) is 16.3. The zero-order valence-electron chi connectivity index (χ0n) is 14.4. The monoisotopic (exact) mass is 321 g/mol. The lowest BCUT2D eigenvalue weighted by Gasteiger charge is -2.56. The second kappa shape index (κ2) is 7.23. The van der Waals surface area contributed by atoms with Gasteiger partial charge in [-0.25, -0.2) is 0 Å². The minimum absolute atomic E-state index is 0.143. The molecule has 0 aromatic heterocycles. The normalized spacial score (nSPS) is 34.4. The Hall–Kier alpha value is -1.06. The van der Waals surface area contributed by atoms with Crippen LogP contribution in [0.4, 0.5) is 0 Å². The topological polar surface area (TPSA) is 55.4 Å². The van der Waals surface area contributed by atoms with E-state index in [0.29, 0.717) is 11.8 Å². The molecule has 4 bridgehead atoms. The lowest BCUT2D eigenvalue weighted by atomic mass is 9.49. The van der Waals surface area contributed by atoms with Gasteiger partial charge in [0.1, 0.15) is 0 Å². The maximum atomic E-state index is 12.3. The highest BCUT2D eigenvalue weighted by Gasteiger charge is 2.51. The number of carbonyl (C=O) groups excluding carboxylic acids is 2. The van der Waals surface area contributed by atoms with Crippen LogP contribution in [0.3, 0.4) is 0 Å². The molecular formula is C19H31NO3. The van der Waals surface area contributed by atoms with Crippen LogP contribution in [0.2, 0.25) is 0 Å². The van der Waals surface area contributed by atoms with Crippen molar-refractivity contribution >= 4 is 11.9 Å². The van der Waals surface area contributed by atoms with E-state index in [0.717, 1.165) is 50.0 Å². The van der Waals surface area contributed by atoms with Gasteiger partial charge in [0.25, 0.3) is 0 Å². The molecule has 4 aliphatic rings. The van der Waals surface area contributed by atoms with E-state index < -0.39 is 0 Å². The molecule has 23 heavy (non-hydrogen) atoms. The number of rotatable bonds is 8. The molecule has 4 saturated carbocycles. The van der Waals surface area contributed by atoms with Crippen molar-refractivity contribution in [2.75, 3.05) is 13.7 Å². The van der Waals surface area contributed by atoms with E-state index in [4.69, 9.17) is 0 Å². The first-order valence-electron chi connectivity index (χ1n) is 9.42. The van der Waals surface area contributed by atoms with E-state index in [2.05, 4.69) is 10.1 Å². The third-order valence-corrected chi connectivity index (χ3v) is 6.31. The molecule has 0 radical (unpaired) electrons. The Morgan fingerprint density at radius 1 is 1.00 bits per heavy atom. The third-order valence-electron chi connectivity index (χ3n) is 6.31. The standard InChI is InChI=1S/C19H31NO3/c1-23-18(22)5-3-2-4-6-20-17(21)13-19-10-14-7-15(11-19)9-16(8-14)12-19/h14-16H,2-13H2,1H3,(H,20,21). The van der Waals surface area contributed by atoms with Crippen molar-refractivity contribution in [3.63, 3.8) is 0 Å². The fourth-order valence-corrected chi connectivity index (χ4v) is 5.81. The van der Waals surface area contributed by atoms with Crippen molar-refractivity contribution in [1.82, 2.24) is 5.32 Å². The maximum Gasteiger partial charge on any atom is 0.305 e. The minimum atomic E-state index is -0.143. The molecule has 130 valence electrons. The number of nitrogens with one attached hydrogen (secondary N) is 1. The van der Waals surface area contributed by atoms with E-state index in [9.17, 15) is 9.59 Å². The van der Waals surface area contributed by atoms with Gasteiger partial charge in [-0.1, -0.05) is 6.42 Å². The molecule has 0 atom stereocenters. The summed E-state index contributed by atoms with van der Waals surface area (Å²) in [5.41, 5.74) is 0.337. The molecule has 0 saturated heterocycles. The number of carbonyl (C=O) groups is 2. The number of unbranched alkanes of at least 4 members (excludes halogenated alkanes) is 2. The predicted octanol–water partition coefficient (Wildman–Crippen LogP) is 3.44. The van der Waals surface area contributed by atoms with Crippen molar-refractivity contribution < 1.29 is 14.3 Å². The van der Waals surface area contributed by atoms with Crippen molar-refractivity contribution in [1.29, 1.82) is 0 Å². The van der Waals surface area contributed by atoms with Gasteiger partial charge < -0.3 is 10.1 Å². The number of amides is 1. The average molecular weight is 321 g/mol. The molecule has 1 N–H and O–H groups in total. The van der Waals surface area contributed by atoms with E-state index >= 15 is 0 Å². The molecule has 1 amide bonds. The highest BCUT2D eigenvalue weighted by Crippen LogP contribution is 2.61. The number of methoxy groups -OCH3 is 1. The SMILES string of the molecule is COC(=O)CCCCCNC(=O)CC12CC3CC(CC(C3)C1)C2. The Bertz CT molecular complexity index is 411. The average Bonchev–Trinajstić information content (AvgIpc) is 2.48. The molecule has 4 heteroatoms. The first-order chi connectivity index (χ1) is 11.1. The van der Waals surface area contributed by atoms with Crippen LogP contribution in [0.5, 0.6) is 0 Å². The van der Waals surface area contributed by atoms with Gasteiger partial charge >= 0.3 is 5.97 Å². The molecule has 0 heterocycles. The van der Waals surface area contributed by atoms with Gasteiger partial charge in [0.15, 0.2) is 0 Å². The highest BCUT2D eigenvalue weighted by atomic mass is 16.5. The molecule has 0 spiro atoms. The Labute approximate surface area is 139 Å². The summed E-state index contributed by atoms with van der Waals surface area (Å²) in [6.45, 7) is 0.742. The van der Waals surface area contributed by atoms with Crippen LogP contribution in [0.1, 0.15) is 70.6 Å². The van der Waals surface area contributed by atoms with Crippen LogP contribution in [0, 0.1) is 23.2 Å². The van der Waals surface area contributed by atoms with Gasteiger partial charge in [0, 0.05) is 19.4 Å². The molecule has 4 rings (SSSR count). The predicted molar refractivity (Wildman–Crippen MR) is 88.7 cm³/mol. The van der Waals surface area contributed by atoms with Crippen LogP contribution in [-0.2, 0) is 14.3 Å². The molecule has 4 aliphatic carbocycles. The lowest BCUT2D eigenvalue weighted by molar-refractivity contribution is -0.140. The summed E-state index contributed by atoms with van der Waals surface area (Å²) < 4.78 is 4.62. The summed E-state index contributed by atoms with van der Waals surface area (Å²) in [6.07, 6.45) is 12.2. The second-order valence-corrected chi connectivity index (χ2v) is 8.33. The van der Waals surface area contributed by atoms with Gasteiger partial charge in [-0.05, 0) is 74.5 Å². The number of hydrogen-bond acceptors (Lipinski definition) is 3. The lowest BCUT2D eigenvalue weighted by Crippen LogP contribution is -2.48. The van der Waals surface area contributed by atoms with Gasteiger partial charge in [0.2, 0.25) is 5.91 Å². The Morgan fingerprint density at radius 3 is 2.17 bits per heavy atom. The first-order valence-corrected chi connectivity index (χ1v) is 9.42. The van der Waals surface area contributed by atoms with E-state index in [1.165, 1.54) is 45.6 Å². The number of ether oxygens (including phenoxy) is 1. The van der Waals surface area contributed by atoms with Crippen molar-refractivity contribution in [3.8, 4) is 0 Å². The van der Waals surface area contributed by atoms with Crippen LogP contribution in [-0.4, -0.2) is 25.5 Å². The number of esters is 1. The highest BCUT2D eigenvalue weighted by molar-refractivity contribution is 5.76. The van der Waals surface area contributed by atoms with E-state index in [-0.39, 0.29) is 11.9 Å². The summed E-state index contributed by atoms with van der Waals surface area (Å²) >= 11 is 0. The van der Waals surface area contributed by atoms with Crippen molar-refractivity contribution in [2.24, 2.45) is 23.2 Å². The zero-order valence-corrected chi connectivity index (χ0v) is 14.4. The number of hydrogen-bond donors (Lipinski definition) is 1. The first kappa shape index (κ1) is 16.8. The minimum Gasteiger partial charge on any atom is -0.469 e. The van der Waals surface area contributed by atoms with Crippen molar-refractivity contribution in [3.05, 3.63) is 0 Å². The van der Waals surface area contributed by atoms with Crippen LogP contribution < -0.4 is 5.32 Å². The summed E-state index contributed by atoms with van der Waals surface area (Å²) in [5, 5.41) is 3.10. The molecular weight excluding hydrogens is 290 g/mol. The Balaban J connectivity index is 1.33. The van der Waals surface area contributed by atoms with Gasteiger partial charge in [0.05, 0.1) is 7.11 Å². The fourth-order valence-electron chi connectivity index (χ4n) is 5.81. The summed E-state index contributed by atoms with van der Waals surface area (Å²) in [7, 11) is 1.42. The third kappa shape index (κ3) is 4.27. The smallest absolute Gasteiger partial charge is 0.305 e. The molecule has 0 unspecified atom stereocenters.